The zero-order chi connectivity index (χ0) is 30.6. The fourth-order valence-electron chi connectivity index (χ4n) is 5.34. The minimum absolute atomic E-state index is 0.0191. The van der Waals surface area contributed by atoms with Crippen LogP contribution in [0.3, 0.4) is 0 Å². The lowest BCUT2D eigenvalue weighted by Gasteiger charge is -2.24. The van der Waals surface area contributed by atoms with Crippen molar-refractivity contribution in [1.82, 2.24) is 0 Å². The Bertz CT molecular complexity index is 1660. The van der Waals surface area contributed by atoms with Gasteiger partial charge >= 0.3 is 22.1 Å². The zero-order valence-electron chi connectivity index (χ0n) is 23.9. The van der Waals surface area contributed by atoms with Crippen LogP contribution in [0.15, 0.2) is 108 Å². The fraction of sp³-hybridized carbons (Fsp3) is 0.235. The van der Waals surface area contributed by atoms with E-state index >= 15 is 0 Å². The van der Waals surface area contributed by atoms with Crippen LogP contribution < -0.4 is 9.92 Å². The summed E-state index contributed by atoms with van der Waals surface area (Å²) < 4.78 is 41.7. The van der Waals surface area contributed by atoms with Crippen LogP contribution in [0, 0.1) is 0 Å². The molecule has 0 bridgehead atoms. The Kier molecular flexibility index (Phi) is 8.94. The lowest BCUT2D eigenvalue weighted by Crippen LogP contribution is -2.40. The highest BCUT2D eigenvalue weighted by atomic mass is 32.2. The van der Waals surface area contributed by atoms with Gasteiger partial charge in [0.1, 0.15) is 23.3 Å². The van der Waals surface area contributed by atoms with Gasteiger partial charge in [0.2, 0.25) is 0 Å². The molecule has 2 atom stereocenters. The molecule has 0 spiro atoms. The molecule has 4 aromatic rings. The molecule has 9 heteroatoms. The highest BCUT2D eigenvalue weighted by molar-refractivity contribution is 7.87. The third kappa shape index (κ3) is 6.79. The van der Waals surface area contributed by atoms with E-state index in [2.05, 4.69) is 12.1 Å². The number of nitrogens with two attached hydrogens (primary N) is 1. The van der Waals surface area contributed by atoms with Gasteiger partial charge in [0.15, 0.2) is 0 Å². The van der Waals surface area contributed by atoms with Crippen LogP contribution in [-0.2, 0) is 29.2 Å². The van der Waals surface area contributed by atoms with Gasteiger partial charge in [-0.2, -0.15) is 8.42 Å². The van der Waals surface area contributed by atoms with E-state index in [0.29, 0.717) is 5.56 Å². The molecule has 5 rings (SSSR count). The van der Waals surface area contributed by atoms with Crippen molar-refractivity contribution in [2.45, 2.75) is 49.1 Å². The van der Waals surface area contributed by atoms with Crippen molar-refractivity contribution in [1.29, 1.82) is 0 Å². The number of esters is 2. The molecule has 0 fully saturated rings. The second-order valence-electron chi connectivity index (χ2n) is 10.7. The summed E-state index contributed by atoms with van der Waals surface area (Å²) in [5.74, 6) is -2.03. The van der Waals surface area contributed by atoms with Crippen LogP contribution in [0.4, 0.5) is 0 Å². The lowest BCUT2D eigenvalue weighted by molar-refractivity contribution is -0.149. The van der Waals surface area contributed by atoms with Crippen LogP contribution in [-0.4, -0.2) is 39.1 Å². The van der Waals surface area contributed by atoms with Crippen LogP contribution in [0.2, 0.25) is 0 Å². The molecule has 0 saturated carbocycles. The number of ether oxygens (including phenoxy) is 2. The third-order valence-electron chi connectivity index (χ3n) is 7.36. The summed E-state index contributed by atoms with van der Waals surface area (Å²) in [5.41, 5.74) is 11.3. The van der Waals surface area contributed by atoms with Gasteiger partial charge in [-0.25, -0.2) is 0 Å². The maximum Gasteiger partial charge on any atom is 0.339 e. The molecule has 222 valence electrons. The van der Waals surface area contributed by atoms with Crippen molar-refractivity contribution >= 4 is 22.1 Å². The van der Waals surface area contributed by atoms with E-state index in [4.69, 9.17) is 19.4 Å². The second-order valence-corrected chi connectivity index (χ2v) is 12.2. The number of benzene rings is 4. The van der Waals surface area contributed by atoms with E-state index in [9.17, 15) is 18.0 Å². The highest BCUT2D eigenvalue weighted by Crippen LogP contribution is 2.44. The normalized spacial score (nSPS) is 14.0. The second kappa shape index (κ2) is 12.8. The van der Waals surface area contributed by atoms with Crippen molar-refractivity contribution in [2.75, 3.05) is 6.61 Å². The lowest BCUT2D eigenvalue weighted by atomic mass is 9.88. The quantitative estimate of drug-likeness (QED) is 0.176. The summed E-state index contributed by atoms with van der Waals surface area (Å²) in [6.07, 6.45) is -0.524. The van der Waals surface area contributed by atoms with Crippen LogP contribution in [0.5, 0.6) is 5.75 Å². The monoisotopic (exact) mass is 599 g/mol. The Labute approximate surface area is 251 Å². The third-order valence-corrected chi connectivity index (χ3v) is 8.62. The number of carbonyl (C=O) groups is 2. The Balaban J connectivity index is 1.33. The fourth-order valence-corrected chi connectivity index (χ4v) is 6.29. The Hall–Kier alpha value is -4.47. The van der Waals surface area contributed by atoms with Gasteiger partial charge < -0.3 is 19.4 Å². The van der Waals surface area contributed by atoms with Gasteiger partial charge in [0.05, 0.1) is 12.5 Å². The summed E-state index contributed by atoms with van der Waals surface area (Å²) in [4.78, 5) is 26.1. The SMILES string of the molecule is CC(C)OC(=O)CC(c1ccc(OS(=O)(=O)c2ccccc2)cc1)C(N)C(=O)OCC1c2ccccc2-c2ccccc21. The van der Waals surface area contributed by atoms with E-state index < -0.39 is 34.0 Å². The predicted molar refractivity (Wildman–Crippen MR) is 162 cm³/mol. The molecule has 0 aromatic heterocycles. The van der Waals surface area contributed by atoms with Gasteiger partial charge in [0, 0.05) is 11.8 Å². The zero-order valence-corrected chi connectivity index (χ0v) is 24.7. The minimum atomic E-state index is -4.04. The molecule has 2 N–H and O–H groups in total. The van der Waals surface area contributed by atoms with E-state index in [-0.39, 0.29) is 35.7 Å². The molecule has 1 aliphatic carbocycles. The first-order valence-electron chi connectivity index (χ1n) is 14.0. The Morgan fingerprint density at radius 3 is 1.93 bits per heavy atom. The summed E-state index contributed by atoms with van der Waals surface area (Å²) in [5, 5.41) is 0. The van der Waals surface area contributed by atoms with Gasteiger partial charge in [-0.1, -0.05) is 78.9 Å². The minimum Gasteiger partial charge on any atom is -0.464 e. The summed E-state index contributed by atoms with van der Waals surface area (Å²) in [6, 6.07) is 28.7. The molecule has 4 aromatic carbocycles. The summed E-state index contributed by atoms with van der Waals surface area (Å²) in [6.45, 7) is 3.56. The van der Waals surface area contributed by atoms with Gasteiger partial charge in [-0.3, -0.25) is 9.59 Å². The molecular weight excluding hydrogens is 566 g/mol. The number of hydrogen-bond acceptors (Lipinski definition) is 8. The summed E-state index contributed by atoms with van der Waals surface area (Å²) in [7, 11) is -4.04. The molecule has 2 unspecified atom stereocenters. The molecule has 43 heavy (non-hydrogen) atoms. The highest BCUT2D eigenvalue weighted by Gasteiger charge is 2.33. The molecule has 8 nitrogen and oxygen atoms in total. The average Bonchev–Trinajstić information content (AvgIpc) is 3.32. The first-order chi connectivity index (χ1) is 20.6. The molecule has 0 radical (unpaired) electrons. The molecular formula is C34H33NO7S. The van der Waals surface area contributed by atoms with E-state index in [1.54, 1.807) is 44.2 Å². The van der Waals surface area contributed by atoms with Gasteiger partial charge in [-0.05, 0) is 65.9 Å². The van der Waals surface area contributed by atoms with Crippen LogP contribution >= 0.6 is 0 Å². The Morgan fingerprint density at radius 2 is 1.35 bits per heavy atom. The van der Waals surface area contributed by atoms with E-state index in [1.807, 2.05) is 36.4 Å². The number of fused-ring (bicyclic) bond motifs is 3. The van der Waals surface area contributed by atoms with Gasteiger partial charge in [-0.15, -0.1) is 0 Å². The van der Waals surface area contributed by atoms with Crippen molar-refractivity contribution in [3.8, 4) is 16.9 Å². The van der Waals surface area contributed by atoms with E-state index in [0.717, 1.165) is 22.3 Å². The molecule has 0 heterocycles. The van der Waals surface area contributed by atoms with Crippen molar-refractivity contribution in [3.05, 3.63) is 120 Å². The Morgan fingerprint density at radius 1 is 0.791 bits per heavy atom. The largest absolute Gasteiger partial charge is 0.464 e. The maximum atomic E-state index is 13.4. The first-order valence-corrected chi connectivity index (χ1v) is 15.4. The number of rotatable bonds is 11. The van der Waals surface area contributed by atoms with Crippen molar-refractivity contribution in [3.63, 3.8) is 0 Å². The van der Waals surface area contributed by atoms with Crippen LogP contribution in [0.1, 0.15) is 48.8 Å². The van der Waals surface area contributed by atoms with E-state index in [1.165, 1.54) is 24.3 Å². The predicted octanol–water partition coefficient (Wildman–Crippen LogP) is 5.56. The standard InChI is InChI=1S/C34H33NO7S/c1-22(2)41-32(36)20-30(23-16-18-24(19-17-23)42-43(38,39)25-10-4-3-5-11-25)33(35)34(37)40-21-31-28-14-8-6-12-26(28)27-13-7-9-15-29(27)31/h3-19,22,30-31,33H,20-21,35H2,1-2H3. The molecule has 1 aliphatic rings. The van der Waals surface area contributed by atoms with Crippen molar-refractivity contribution in [2.24, 2.45) is 5.73 Å². The molecule has 0 amide bonds. The molecule has 0 aliphatic heterocycles. The topological polar surface area (TPSA) is 122 Å². The molecule has 0 saturated heterocycles. The smallest absolute Gasteiger partial charge is 0.339 e. The number of carbonyl (C=O) groups excluding carboxylic acids is 2. The van der Waals surface area contributed by atoms with Crippen LogP contribution in [0.25, 0.3) is 11.1 Å². The van der Waals surface area contributed by atoms with Gasteiger partial charge in [0.25, 0.3) is 0 Å². The van der Waals surface area contributed by atoms with Crippen molar-refractivity contribution < 1.29 is 31.7 Å². The maximum absolute atomic E-state index is 13.4. The number of hydrogen-bond donors (Lipinski definition) is 1. The average molecular weight is 600 g/mol. The summed E-state index contributed by atoms with van der Waals surface area (Å²) >= 11 is 0. The first kappa shape index (κ1) is 30.0.